The van der Waals surface area contributed by atoms with Gasteiger partial charge in [-0.05, 0) is 75.6 Å². The molecule has 8 nitrogen and oxygen atoms in total. The summed E-state index contributed by atoms with van der Waals surface area (Å²) in [7, 11) is 1.64. The van der Waals surface area contributed by atoms with Gasteiger partial charge in [-0.1, -0.05) is 13.0 Å². The third-order valence-corrected chi connectivity index (χ3v) is 7.03. The number of aryl methyl sites for hydroxylation is 1. The van der Waals surface area contributed by atoms with Gasteiger partial charge in [0, 0.05) is 40.2 Å². The van der Waals surface area contributed by atoms with Gasteiger partial charge in [-0.15, -0.1) is 0 Å². The van der Waals surface area contributed by atoms with Gasteiger partial charge in [-0.25, -0.2) is 9.99 Å². The maximum atomic E-state index is 13.3. The number of unbranched alkanes of at least 4 members (excludes halogenated alkanes) is 1. The SMILES string of the molecule is CCc1ccc2c(C3=NN(CCCCOc4ccc5[nH]c(=O)ccc5c4)C(=O)C3(C)C)ccc(OC)c2n1. The topological polar surface area (TPSA) is 96.9 Å². The predicted molar refractivity (Wildman–Crippen MR) is 149 cm³/mol. The zero-order chi connectivity index (χ0) is 26.9. The van der Waals surface area contributed by atoms with Crippen LogP contribution >= 0.6 is 0 Å². The highest BCUT2D eigenvalue weighted by Gasteiger charge is 2.44. The fraction of sp³-hybridized carbons (Fsp3) is 0.333. The lowest BCUT2D eigenvalue weighted by Crippen LogP contribution is -2.35. The molecule has 8 heteroatoms. The van der Waals surface area contributed by atoms with Gasteiger partial charge in [-0.2, -0.15) is 5.10 Å². The van der Waals surface area contributed by atoms with Gasteiger partial charge in [-0.3, -0.25) is 9.59 Å². The van der Waals surface area contributed by atoms with Crippen LogP contribution in [0.15, 0.2) is 64.5 Å². The highest BCUT2D eigenvalue weighted by molar-refractivity contribution is 6.23. The number of H-pyrrole nitrogens is 1. The van der Waals surface area contributed by atoms with Crippen molar-refractivity contribution in [2.24, 2.45) is 10.5 Å². The van der Waals surface area contributed by atoms with E-state index in [2.05, 4.69) is 11.9 Å². The smallest absolute Gasteiger partial charge is 0.254 e. The number of nitrogens with zero attached hydrogens (tertiary/aromatic N) is 3. The Bertz CT molecular complexity index is 1610. The van der Waals surface area contributed by atoms with Crippen molar-refractivity contribution in [2.75, 3.05) is 20.3 Å². The summed E-state index contributed by atoms with van der Waals surface area (Å²) in [5.74, 6) is 1.44. The van der Waals surface area contributed by atoms with Crippen molar-refractivity contribution in [1.29, 1.82) is 0 Å². The number of carbonyl (C=O) groups is 1. The second-order valence-corrected chi connectivity index (χ2v) is 10.00. The molecule has 0 saturated carbocycles. The van der Waals surface area contributed by atoms with Crippen LogP contribution in [0.5, 0.6) is 11.5 Å². The second-order valence-electron chi connectivity index (χ2n) is 10.00. The van der Waals surface area contributed by atoms with Gasteiger partial charge in [0.25, 0.3) is 5.91 Å². The molecule has 1 aliphatic heterocycles. The van der Waals surface area contributed by atoms with E-state index in [9.17, 15) is 9.59 Å². The molecule has 2 aromatic carbocycles. The first-order valence-electron chi connectivity index (χ1n) is 13.0. The van der Waals surface area contributed by atoms with Crippen molar-refractivity contribution < 1.29 is 14.3 Å². The Hall–Kier alpha value is -4.20. The van der Waals surface area contributed by atoms with E-state index in [0.29, 0.717) is 18.9 Å². The monoisotopic (exact) mass is 512 g/mol. The molecule has 0 spiro atoms. The number of hydrogen-bond donors (Lipinski definition) is 1. The summed E-state index contributed by atoms with van der Waals surface area (Å²) in [6, 6.07) is 16.8. The Morgan fingerprint density at radius 2 is 1.84 bits per heavy atom. The molecular weight excluding hydrogens is 480 g/mol. The maximum Gasteiger partial charge on any atom is 0.254 e. The van der Waals surface area contributed by atoms with Crippen molar-refractivity contribution in [1.82, 2.24) is 15.0 Å². The molecular formula is C30H32N4O4. The van der Waals surface area contributed by atoms with Gasteiger partial charge in [0.1, 0.15) is 17.0 Å². The van der Waals surface area contributed by atoms with Gasteiger partial charge in [0.15, 0.2) is 0 Å². The second kappa shape index (κ2) is 10.3. The summed E-state index contributed by atoms with van der Waals surface area (Å²) in [6.45, 7) is 6.95. The minimum atomic E-state index is -0.756. The Labute approximate surface area is 221 Å². The first kappa shape index (κ1) is 25.4. The average molecular weight is 513 g/mol. The number of methoxy groups -OCH3 is 1. The minimum Gasteiger partial charge on any atom is -0.494 e. The number of aromatic nitrogens is 2. The first-order chi connectivity index (χ1) is 18.3. The van der Waals surface area contributed by atoms with E-state index >= 15 is 0 Å². The molecule has 196 valence electrons. The van der Waals surface area contributed by atoms with Gasteiger partial charge < -0.3 is 14.5 Å². The van der Waals surface area contributed by atoms with Crippen LogP contribution in [-0.4, -0.2) is 46.9 Å². The Balaban J connectivity index is 1.27. The van der Waals surface area contributed by atoms with Crippen molar-refractivity contribution >= 4 is 33.4 Å². The number of carbonyl (C=O) groups excluding carboxylic acids is 1. The maximum absolute atomic E-state index is 13.3. The van der Waals surface area contributed by atoms with Crippen LogP contribution in [0, 0.1) is 5.41 Å². The van der Waals surface area contributed by atoms with E-state index in [1.807, 2.05) is 56.3 Å². The number of amides is 1. The Kier molecular flexibility index (Phi) is 6.89. The molecule has 1 N–H and O–H groups in total. The molecule has 4 aromatic rings. The molecule has 3 heterocycles. The summed E-state index contributed by atoms with van der Waals surface area (Å²) in [5.41, 5.74) is 3.31. The number of ether oxygens (including phenoxy) is 2. The van der Waals surface area contributed by atoms with E-state index in [-0.39, 0.29) is 11.5 Å². The zero-order valence-electron chi connectivity index (χ0n) is 22.2. The molecule has 0 fully saturated rings. The van der Waals surface area contributed by atoms with Crippen LogP contribution in [0.4, 0.5) is 0 Å². The summed E-state index contributed by atoms with van der Waals surface area (Å²) >= 11 is 0. The highest BCUT2D eigenvalue weighted by atomic mass is 16.5. The van der Waals surface area contributed by atoms with Crippen LogP contribution in [0.2, 0.25) is 0 Å². The molecule has 0 saturated heterocycles. The summed E-state index contributed by atoms with van der Waals surface area (Å²) < 4.78 is 11.5. The van der Waals surface area contributed by atoms with Gasteiger partial charge in [0.2, 0.25) is 5.56 Å². The van der Waals surface area contributed by atoms with E-state index < -0.39 is 5.41 Å². The minimum absolute atomic E-state index is 0.0148. The largest absolute Gasteiger partial charge is 0.494 e. The first-order valence-corrected chi connectivity index (χ1v) is 13.0. The lowest BCUT2D eigenvalue weighted by Gasteiger charge is -2.20. The molecule has 0 radical (unpaired) electrons. The third-order valence-electron chi connectivity index (χ3n) is 7.03. The molecule has 1 aliphatic rings. The predicted octanol–water partition coefficient (Wildman–Crippen LogP) is 5.08. The van der Waals surface area contributed by atoms with E-state index in [1.54, 1.807) is 18.2 Å². The number of aromatic amines is 1. The number of hydrogen-bond acceptors (Lipinski definition) is 6. The van der Waals surface area contributed by atoms with E-state index in [4.69, 9.17) is 19.6 Å². The Morgan fingerprint density at radius 3 is 2.63 bits per heavy atom. The quantitative estimate of drug-likeness (QED) is 0.316. The van der Waals surface area contributed by atoms with Gasteiger partial charge >= 0.3 is 0 Å². The fourth-order valence-electron chi connectivity index (χ4n) is 4.83. The Morgan fingerprint density at radius 1 is 1.00 bits per heavy atom. The number of hydrazone groups is 1. The van der Waals surface area contributed by atoms with Crippen LogP contribution in [0.1, 0.15) is 44.9 Å². The number of benzene rings is 2. The van der Waals surface area contributed by atoms with Crippen molar-refractivity contribution in [3.05, 3.63) is 76.2 Å². The van der Waals surface area contributed by atoms with Crippen LogP contribution in [0.3, 0.4) is 0 Å². The standard InChI is InChI=1S/C30H32N4O4/c1-5-20-9-11-22-23(12-14-25(37-4)27(22)31-20)28-30(2,3)29(36)34(33-28)16-6-7-17-38-21-10-13-24-19(18-21)8-15-26(35)32-24/h8-15,18H,5-7,16-17H2,1-4H3,(H,32,35). The number of pyridine rings is 2. The third kappa shape index (κ3) is 4.74. The average Bonchev–Trinajstić information content (AvgIpc) is 3.15. The highest BCUT2D eigenvalue weighted by Crippen LogP contribution is 2.37. The molecule has 0 aliphatic carbocycles. The van der Waals surface area contributed by atoms with Gasteiger partial charge in [0.05, 0.1) is 24.8 Å². The van der Waals surface area contributed by atoms with Crippen LogP contribution in [0.25, 0.3) is 21.8 Å². The van der Waals surface area contributed by atoms with Crippen molar-refractivity contribution in [3.63, 3.8) is 0 Å². The molecule has 5 rings (SSSR count). The molecule has 0 atom stereocenters. The summed E-state index contributed by atoms with van der Waals surface area (Å²) in [6.07, 6.45) is 2.35. The fourth-order valence-corrected chi connectivity index (χ4v) is 4.83. The summed E-state index contributed by atoms with van der Waals surface area (Å²) in [5, 5.41) is 8.23. The zero-order valence-corrected chi connectivity index (χ0v) is 22.2. The molecule has 1 amide bonds. The molecule has 0 bridgehead atoms. The van der Waals surface area contributed by atoms with E-state index in [1.165, 1.54) is 6.07 Å². The molecule has 0 unspecified atom stereocenters. The molecule has 38 heavy (non-hydrogen) atoms. The van der Waals surface area contributed by atoms with E-state index in [0.717, 1.165) is 63.8 Å². The van der Waals surface area contributed by atoms with Crippen molar-refractivity contribution in [2.45, 2.75) is 40.0 Å². The number of fused-ring (bicyclic) bond motifs is 2. The summed E-state index contributed by atoms with van der Waals surface area (Å²) in [4.78, 5) is 32.4. The lowest BCUT2D eigenvalue weighted by molar-refractivity contribution is -0.135. The normalized spacial score (nSPS) is 14.8. The van der Waals surface area contributed by atoms with Crippen LogP contribution < -0.4 is 15.0 Å². The van der Waals surface area contributed by atoms with Crippen LogP contribution in [-0.2, 0) is 11.2 Å². The number of rotatable bonds is 9. The lowest BCUT2D eigenvalue weighted by atomic mass is 9.82. The molecule has 2 aromatic heterocycles. The number of nitrogens with one attached hydrogen (secondary N) is 1. The van der Waals surface area contributed by atoms with Crippen molar-refractivity contribution in [3.8, 4) is 11.5 Å².